The van der Waals surface area contributed by atoms with Gasteiger partial charge in [-0.15, -0.1) is 0 Å². The Morgan fingerprint density at radius 2 is 2.07 bits per heavy atom. The van der Waals surface area contributed by atoms with Crippen LogP contribution >= 0.6 is 11.6 Å². The van der Waals surface area contributed by atoms with Crippen LogP contribution < -0.4 is 4.74 Å². The highest BCUT2D eigenvalue weighted by Crippen LogP contribution is 2.39. The number of carbonyl (C=O) groups is 1. The maximum atomic E-state index is 11.6. The molecule has 144 valence electrons. The summed E-state index contributed by atoms with van der Waals surface area (Å²) in [6, 6.07) is 13.9. The monoisotopic (exact) mass is 387 g/mol. The molecule has 0 spiro atoms. The summed E-state index contributed by atoms with van der Waals surface area (Å²) < 4.78 is 5.90. The second-order valence-corrected chi connectivity index (χ2v) is 7.48. The van der Waals surface area contributed by atoms with Gasteiger partial charge in [-0.1, -0.05) is 35.9 Å². The molecule has 3 rings (SSSR count). The number of piperidine rings is 1. The Morgan fingerprint density at radius 3 is 2.78 bits per heavy atom. The van der Waals surface area contributed by atoms with Crippen molar-refractivity contribution in [3.05, 3.63) is 64.2 Å². The molecule has 2 unspecified atom stereocenters. The van der Waals surface area contributed by atoms with Crippen LogP contribution in [0.5, 0.6) is 5.75 Å². The fourth-order valence-electron chi connectivity index (χ4n) is 3.92. The predicted octanol–water partition coefficient (Wildman–Crippen LogP) is 4.93. The largest absolute Gasteiger partial charge is 0.494 e. The molecule has 0 aromatic heterocycles. The molecule has 1 fully saturated rings. The van der Waals surface area contributed by atoms with Gasteiger partial charge in [0.25, 0.3) is 0 Å². The van der Waals surface area contributed by atoms with E-state index in [9.17, 15) is 9.90 Å². The number of ether oxygens (including phenoxy) is 1. The summed E-state index contributed by atoms with van der Waals surface area (Å²) in [5.41, 5.74) is 3.32. The van der Waals surface area contributed by atoms with Gasteiger partial charge >= 0.3 is 5.97 Å². The number of hydrogen-bond acceptors (Lipinski definition) is 3. The van der Waals surface area contributed by atoms with Crippen LogP contribution in [0.4, 0.5) is 0 Å². The van der Waals surface area contributed by atoms with Crippen molar-refractivity contribution in [1.29, 1.82) is 0 Å². The molecule has 1 heterocycles. The fourth-order valence-corrected chi connectivity index (χ4v) is 4.10. The summed E-state index contributed by atoms with van der Waals surface area (Å²) >= 11 is 6.34. The van der Waals surface area contributed by atoms with Crippen LogP contribution in [-0.2, 0) is 4.79 Å². The Bertz CT molecular complexity index is 808. The molecule has 0 radical (unpaired) electrons. The number of aliphatic carboxylic acids is 1. The average molecular weight is 388 g/mol. The quantitative estimate of drug-likeness (QED) is 0.763. The molecule has 2 atom stereocenters. The van der Waals surface area contributed by atoms with E-state index in [1.165, 1.54) is 5.56 Å². The first-order valence-corrected chi connectivity index (χ1v) is 9.83. The van der Waals surface area contributed by atoms with Gasteiger partial charge in [0.15, 0.2) is 0 Å². The van der Waals surface area contributed by atoms with Crippen molar-refractivity contribution in [3.63, 3.8) is 0 Å². The lowest BCUT2D eigenvalue weighted by atomic mass is 9.89. The molecule has 27 heavy (non-hydrogen) atoms. The van der Waals surface area contributed by atoms with E-state index < -0.39 is 5.97 Å². The smallest absolute Gasteiger partial charge is 0.307 e. The first-order chi connectivity index (χ1) is 13.0. The summed E-state index contributed by atoms with van der Waals surface area (Å²) in [6.45, 7) is 5.98. The van der Waals surface area contributed by atoms with E-state index in [0.29, 0.717) is 18.2 Å². The zero-order chi connectivity index (χ0) is 19.4. The zero-order valence-corrected chi connectivity index (χ0v) is 16.6. The molecule has 2 aromatic rings. The van der Waals surface area contributed by atoms with Crippen molar-refractivity contribution in [1.82, 2.24) is 4.90 Å². The van der Waals surface area contributed by atoms with Gasteiger partial charge in [0.2, 0.25) is 0 Å². The lowest BCUT2D eigenvalue weighted by Gasteiger charge is -2.38. The average Bonchev–Trinajstić information content (AvgIpc) is 2.66. The van der Waals surface area contributed by atoms with Gasteiger partial charge in [-0.25, -0.2) is 0 Å². The second kappa shape index (κ2) is 8.77. The normalized spacial score (nSPS) is 18.9. The molecule has 2 aromatic carbocycles. The minimum atomic E-state index is -0.723. The van der Waals surface area contributed by atoms with Crippen molar-refractivity contribution in [2.45, 2.75) is 32.7 Å². The number of nitrogens with zero attached hydrogens (tertiary/aromatic N) is 1. The molecule has 1 aliphatic rings. The number of carboxylic acid groups (broad SMARTS) is 1. The third-order valence-electron chi connectivity index (χ3n) is 5.22. The van der Waals surface area contributed by atoms with E-state index in [0.717, 1.165) is 36.3 Å². The molecular weight excluding hydrogens is 362 g/mol. The summed E-state index contributed by atoms with van der Waals surface area (Å²) in [6.07, 6.45) is 1.59. The van der Waals surface area contributed by atoms with E-state index >= 15 is 0 Å². The van der Waals surface area contributed by atoms with Crippen LogP contribution in [0, 0.1) is 12.8 Å². The highest BCUT2D eigenvalue weighted by atomic mass is 35.5. The summed E-state index contributed by atoms with van der Waals surface area (Å²) in [4.78, 5) is 13.9. The number of carboxylic acids is 1. The third-order valence-corrected chi connectivity index (χ3v) is 5.45. The first-order valence-electron chi connectivity index (χ1n) is 9.46. The molecule has 0 aliphatic carbocycles. The summed E-state index contributed by atoms with van der Waals surface area (Å²) in [5, 5.41) is 10.2. The maximum Gasteiger partial charge on any atom is 0.307 e. The molecule has 4 nitrogen and oxygen atoms in total. The minimum absolute atomic E-state index is 0.0893. The SMILES string of the molecule is CCOc1ccc(Cl)cc1C(c1ccccc1C)N1CCCC(C(=O)O)C1. The van der Waals surface area contributed by atoms with E-state index in [2.05, 4.69) is 24.0 Å². The molecular formula is C22H26ClNO3. The minimum Gasteiger partial charge on any atom is -0.494 e. The lowest BCUT2D eigenvalue weighted by molar-refractivity contribution is -0.143. The molecule has 0 bridgehead atoms. The molecule has 1 N–H and O–H groups in total. The number of benzene rings is 2. The van der Waals surface area contributed by atoms with Crippen LogP contribution in [0.15, 0.2) is 42.5 Å². The topological polar surface area (TPSA) is 49.8 Å². The molecule has 1 saturated heterocycles. The Balaban J connectivity index is 2.10. The second-order valence-electron chi connectivity index (χ2n) is 7.05. The van der Waals surface area contributed by atoms with Crippen LogP contribution in [0.2, 0.25) is 5.02 Å². The predicted molar refractivity (Wildman–Crippen MR) is 108 cm³/mol. The molecule has 0 amide bonds. The Kier molecular flexibility index (Phi) is 6.40. The molecule has 5 heteroatoms. The van der Waals surface area contributed by atoms with Crippen LogP contribution in [0.25, 0.3) is 0 Å². The standard InChI is InChI=1S/C22H26ClNO3/c1-3-27-20-11-10-17(23)13-19(20)21(18-9-5-4-7-15(18)2)24-12-6-8-16(14-24)22(25)26/h4-5,7,9-11,13,16,21H,3,6,8,12,14H2,1-2H3,(H,25,26). The number of hydrogen-bond donors (Lipinski definition) is 1. The van der Waals surface area contributed by atoms with Crippen molar-refractivity contribution in [3.8, 4) is 5.75 Å². The molecule has 0 saturated carbocycles. The zero-order valence-electron chi connectivity index (χ0n) is 15.8. The summed E-state index contributed by atoms with van der Waals surface area (Å²) in [7, 11) is 0. The van der Waals surface area contributed by atoms with Crippen LogP contribution in [0.3, 0.4) is 0 Å². The van der Waals surface area contributed by atoms with E-state index in [4.69, 9.17) is 16.3 Å². The number of aryl methyl sites for hydroxylation is 1. The number of rotatable bonds is 6. The highest BCUT2D eigenvalue weighted by molar-refractivity contribution is 6.30. The van der Waals surface area contributed by atoms with Gasteiger partial charge in [-0.3, -0.25) is 9.69 Å². The Hall–Kier alpha value is -2.04. The molecule has 1 aliphatic heterocycles. The van der Waals surface area contributed by atoms with Gasteiger partial charge in [0.05, 0.1) is 18.6 Å². The van der Waals surface area contributed by atoms with Crippen LogP contribution in [0.1, 0.15) is 42.5 Å². The fraction of sp³-hybridized carbons (Fsp3) is 0.409. The van der Waals surface area contributed by atoms with E-state index in [1.54, 1.807) is 0 Å². The highest BCUT2D eigenvalue weighted by Gasteiger charge is 2.33. The van der Waals surface area contributed by atoms with Gasteiger partial charge in [0, 0.05) is 17.1 Å². The summed E-state index contributed by atoms with van der Waals surface area (Å²) in [5.74, 6) is -0.271. The third kappa shape index (κ3) is 4.45. The number of halogens is 1. The maximum absolute atomic E-state index is 11.6. The van der Waals surface area contributed by atoms with Crippen molar-refractivity contribution < 1.29 is 14.6 Å². The Labute approximate surface area is 165 Å². The van der Waals surface area contributed by atoms with E-state index in [1.807, 2.05) is 37.3 Å². The van der Waals surface area contributed by atoms with Crippen molar-refractivity contribution in [2.75, 3.05) is 19.7 Å². The van der Waals surface area contributed by atoms with E-state index in [-0.39, 0.29) is 12.0 Å². The van der Waals surface area contributed by atoms with Gasteiger partial charge in [0.1, 0.15) is 5.75 Å². The number of likely N-dealkylation sites (tertiary alicyclic amines) is 1. The van der Waals surface area contributed by atoms with Crippen molar-refractivity contribution in [2.24, 2.45) is 5.92 Å². The first kappa shape index (κ1) is 19.7. The van der Waals surface area contributed by atoms with Gasteiger partial charge < -0.3 is 9.84 Å². The van der Waals surface area contributed by atoms with Crippen molar-refractivity contribution >= 4 is 17.6 Å². The Morgan fingerprint density at radius 1 is 1.30 bits per heavy atom. The van der Waals surface area contributed by atoms with Gasteiger partial charge in [-0.05, 0) is 62.6 Å². The lowest BCUT2D eigenvalue weighted by Crippen LogP contribution is -2.41. The van der Waals surface area contributed by atoms with Gasteiger partial charge in [-0.2, -0.15) is 0 Å². The van der Waals surface area contributed by atoms with Crippen LogP contribution in [-0.4, -0.2) is 35.7 Å².